The fourth-order valence-electron chi connectivity index (χ4n) is 3.93. The van der Waals surface area contributed by atoms with Gasteiger partial charge >= 0.3 is 0 Å². The molecule has 2 fully saturated rings. The summed E-state index contributed by atoms with van der Waals surface area (Å²) in [6.45, 7) is 5.82. The summed E-state index contributed by atoms with van der Waals surface area (Å²) in [4.78, 5) is 0. The number of rotatable bonds is 2. The number of hydrogen-bond donors (Lipinski definition) is 1. The summed E-state index contributed by atoms with van der Waals surface area (Å²) in [7, 11) is 0. The molecule has 2 unspecified atom stereocenters. The molecule has 0 aromatic rings. The highest BCUT2D eigenvalue weighted by Gasteiger charge is 2.38. The number of nitrogens with two attached hydrogens (primary N) is 1. The van der Waals surface area contributed by atoms with Crippen LogP contribution in [0.25, 0.3) is 0 Å². The maximum Gasteiger partial charge on any atom is -0.00461 e. The predicted molar refractivity (Wildman–Crippen MR) is 65.6 cm³/mol. The molecule has 2 aliphatic rings. The Labute approximate surface area is 94.8 Å². The second-order valence-electron chi connectivity index (χ2n) is 6.61. The normalized spacial score (nSPS) is 37.0. The molecule has 0 bridgehead atoms. The third kappa shape index (κ3) is 2.55. The van der Waals surface area contributed by atoms with Crippen molar-refractivity contribution >= 4 is 0 Å². The van der Waals surface area contributed by atoms with Gasteiger partial charge in [-0.15, -0.1) is 0 Å². The quantitative estimate of drug-likeness (QED) is 0.739. The Kier molecular flexibility index (Phi) is 3.39. The lowest BCUT2D eigenvalue weighted by Crippen LogP contribution is -2.37. The van der Waals surface area contributed by atoms with Crippen LogP contribution in [0.5, 0.6) is 0 Å². The minimum atomic E-state index is 0.582. The Morgan fingerprint density at radius 3 is 2.40 bits per heavy atom. The van der Waals surface area contributed by atoms with E-state index in [4.69, 9.17) is 5.73 Å². The van der Waals surface area contributed by atoms with Crippen molar-refractivity contribution < 1.29 is 0 Å². The minimum absolute atomic E-state index is 0.582. The molecule has 2 rings (SSSR count). The van der Waals surface area contributed by atoms with E-state index in [9.17, 15) is 0 Å². The molecular weight excluding hydrogens is 182 g/mol. The van der Waals surface area contributed by atoms with E-state index in [-0.39, 0.29) is 0 Å². The zero-order valence-corrected chi connectivity index (χ0v) is 10.5. The van der Waals surface area contributed by atoms with Crippen molar-refractivity contribution in [3.05, 3.63) is 0 Å². The van der Waals surface area contributed by atoms with Gasteiger partial charge in [-0.2, -0.15) is 0 Å². The van der Waals surface area contributed by atoms with Gasteiger partial charge in [0.15, 0.2) is 0 Å². The van der Waals surface area contributed by atoms with Crippen molar-refractivity contribution in [3.8, 4) is 0 Å². The highest BCUT2D eigenvalue weighted by atomic mass is 14.6. The van der Waals surface area contributed by atoms with Crippen molar-refractivity contribution in [2.24, 2.45) is 28.9 Å². The molecule has 0 aromatic carbocycles. The fourth-order valence-corrected chi connectivity index (χ4v) is 3.93. The lowest BCUT2D eigenvalue weighted by Gasteiger charge is -2.43. The molecule has 0 aromatic heterocycles. The summed E-state index contributed by atoms with van der Waals surface area (Å²) in [5.41, 5.74) is 6.53. The summed E-state index contributed by atoms with van der Waals surface area (Å²) < 4.78 is 0. The number of hydrogen-bond acceptors (Lipinski definition) is 1. The Bertz CT molecular complexity index is 201. The van der Waals surface area contributed by atoms with Gasteiger partial charge in [-0.1, -0.05) is 39.5 Å². The highest BCUT2D eigenvalue weighted by molar-refractivity contribution is 4.90. The lowest BCUT2D eigenvalue weighted by atomic mass is 9.63. The van der Waals surface area contributed by atoms with Crippen molar-refractivity contribution in [2.45, 2.75) is 58.8 Å². The third-order valence-electron chi connectivity index (χ3n) is 4.89. The average Bonchev–Trinajstić information content (AvgIpc) is 2.69. The zero-order valence-electron chi connectivity index (χ0n) is 10.5. The molecule has 1 heteroatoms. The van der Waals surface area contributed by atoms with Gasteiger partial charge in [0.1, 0.15) is 0 Å². The summed E-state index contributed by atoms with van der Waals surface area (Å²) >= 11 is 0. The SMILES string of the molecule is CC1(C)CCC(CN)C(C2CCCC2)C1. The first-order valence-corrected chi connectivity index (χ1v) is 6.82. The summed E-state index contributed by atoms with van der Waals surface area (Å²) in [5, 5.41) is 0. The van der Waals surface area contributed by atoms with E-state index in [0.717, 1.165) is 24.3 Å². The molecule has 0 aliphatic heterocycles. The Morgan fingerprint density at radius 2 is 1.80 bits per heavy atom. The van der Waals surface area contributed by atoms with Gasteiger partial charge in [-0.25, -0.2) is 0 Å². The van der Waals surface area contributed by atoms with Crippen LogP contribution in [0.1, 0.15) is 58.8 Å². The topological polar surface area (TPSA) is 26.0 Å². The molecule has 2 saturated carbocycles. The van der Waals surface area contributed by atoms with Crippen molar-refractivity contribution in [1.82, 2.24) is 0 Å². The smallest absolute Gasteiger partial charge is 0.00461 e. The molecule has 0 radical (unpaired) electrons. The van der Waals surface area contributed by atoms with Crippen LogP contribution < -0.4 is 5.73 Å². The summed E-state index contributed by atoms with van der Waals surface area (Å²) in [6, 6.07) is 0. The van der Waals surface area contributed by atoms with Crippen LogP contribution in [0.15, 0.2) is 0 Å². The second-order valence-corrected chi connectivity index (χ2v) is 6.61. The van der Waals surface area contributed by atoms with E-state index >= 15 is 0 Å². The van der Waals surface area contributed by atoms with E-state index in [1.165, 1.54) is 44.9 Å². The molecule has 1 nitrogen and oxygen atoms in total. The maximum atomic E-state index is 5.95. The van der Waals surface area contributed by atoms with Crippen LogP contribution in [0.4, 0.5) is 0 Å². The highest BCUT2D eigenvalue weighted by Crippen LogP contribution is 2.48. The van der Waals surface area contributed by atoms with Gasteiger partial charge in [-0.3, -0.25) is 0 Å². The van der Waals surface area contributed by atoms with E-state index in [1.54, 1.807) is 0 Å². The Morgan fingerprint density at radius 1 is 1.13 bits per heavy atom. The first-order valence-electron chi connectivity index (χ1n) is 6.82. The van der Waals surface area contributed by atoms with Crippen LogP contribution >= 0.6 is 0 Å². The molecular formula is C14H27N. The predicted octanol–water partition coefficient (Wildman–Crippen LogP) is 3.58. The van der Waals surface area contributed by atoms with Crippen LogP contribution in [0.3, 0.4) is 0 Å². The lowest BCUT2D eigenvalue weighted by molar-refractivity contribution is 0.0794. The molecule has 2 aliphatic carbocycles. The first kappa shape index (κ1) is 11.4. The monoisotopic (exact) mass is 209 g/mol. The van der Waals surface area contributed by atoms with Crippen LogP contribution in [0, 0.1) is 23.2 Å². The summed E-state index contributed by atoms with van der Waals surface area (Å²) in [5.74, 6) is 2.79. The van der Waals surface area contributed by atoms with Gasteiger partial charge in [0.2, 0.25) is 0 Å². The molecule has 0 amide bonds. The third-order valence-corrected chi connectivity index (χ3v) is 4.89. The fraction of sp³-hybridized carbons (Fsp3) is 1.00. The van der Waals surface area contributed by atoms with E-state index in [2.05, 4.69) is 13.8 Å². The van der Waals surface area contributed by atoms with Crippen LogP contribution in [-0.2, 0) is 0 Å². The molecule has 0 heterocycles. The molecule has 0 spiro atoms. The molecule has 2 atom stereocenters. The van der Waals surface area contributed by atoms with E-state index in [0.29, 0.717) is 5.41 Å². The minimum Gasteiger partial charge on any atom is -0.330 e. The first-order chi connectivity index (χ1) is 7.12. The largest absolute Gasteiger partial charge is 0.330 e. The van der Waals surface area contributed by atoms with Gasteiger partial charge in [-0.05, 0) is 49.0 Å². The zero-order chi connectivity index (χ0) is 10.9. The average molecular weight is 209 g/mol. The summed E-state index contributed by atoms with van der Waals surface area (Å²) in [6.07, 6.45) is 10.1. The molecule has 88 valence electrons. The van der Waals surface area contributed by atoms with Crippen molar-refractivity contribution in [1.29, 1.82) is 0 Å². The molecule has 0 saturated heterocycles. The van der Waals surface area contributed by atoms with Crippen LogP contribution in [-0.4, -0.2) is 6.54 Å². The van der Waals surface area contributed by atoms with Gasteiger partial charge in [0.05, 0.1) is 0 Å². The maximum absolute atomic E-state index is 5.95. The second kappa shape index (κ2) is 4.45. The Balaban J connectivity index is 2.03. The van der Waals surface area contributed by atoms with Crippen molar-refractivity contribution in [2.75, 3.05) is 6.54 Å². The van der Waals surface area contributed by atoms with E-state index < -0.39 is 0 Å². The standard InChI is InChI=1S/C14H27N/c1-14(2)8-7-12(10-15)13(9-14)11-5-3-4-6-11/h11-13H,3-10,15H2,1-2H3. The van der Waals surface area contributed by atoms with Crippen molar-refractivity contribution in [3.63, 3.8) is 0 Å². The van der Waals surface area contributed by atoms with Gasteiger partial charge in [0.25, 0.3) is 0 Å². The Hall–Kier alpha value is -0.0400. The van der Waals surface area contributed by atoms with Crippen LogP contribution in [0.2, 0.25) is 0 Å². The van der Waals surface area contributed by atoms with Gasteiger partial charge < -0.3 is 5.73 Å². The molecule has 15 heavy (non-hydrogen) atoms. The van der Waals surface area contributed by atoms with E-state index in [1.807, 2.05) is 0 Å². The molecule has 2 N–H and O–H groups in total. The van der Waals surface area contributed by atoms with Gasteiger partial charge in [0, 0.05) is 0 Å².